The monoisotopic (exact) mass is 389 g/mol. The molecule has 0 unspecified atom stereocenters. The molecule has 8 nitrogen and oxygen atoms in total. The Kier molecular flexibility index (Phi) is 6.89. The number of hydrogen-bond acceptors (Lipinski definition) is 7. The third kappa shape index (κ3) is 5.52. The van der Waals surface area contributed by atoms with Crippen molar-refractivity contribution in [3.63, 3.8) is 0 Å². The van der Waals surface area contributed by atoms with Gasteiger partial charge in [-0.25, -0.2) is 9.59 Å². The molecule has 1 amide bonds. The zero-order chi connectivity index (χ0) is 20.0. The van der Waals surface area contributed by atoms with Crippen LogP contribution in [0.3, 0.4) is 0 Å². The normalized spacial score (nSPS) is 10.3. The van der Waals surface area contributed by atoms with Crippen LogP contribution in [0.1, 0.15) is 40.3 Å². The maximum Gasteiger partial charge on any atom is 0.346 e. The van der Waals surface area contributed by atoms with Crippen molar-refractivity contribution in [3.8, 4) is 0 Å². The number of aromatic amines is 1. The van der Waals surface area contributed by atoms with Gasteiger partial charge in [-0.15, -0.1) is 0 Å². The van der Waals surface area contributed by atoms with E-state index in [1.807, 2.05) is 0 Å². The van der Waals surface area contributed by atoms with Gasteiger partial charge in [0, 0.05) is 16.9 Å². The number of thioether (sulfide) groups is 1. The number of aryl methyl sites for hydroxylation is 1. The fraction of sp³-hybridized carbons (Fsp3) is 0.278. The smallest absolute Gasteiger partial charge is 0.346 e. The summed E-state index contributed by atoms with van der Waals surface area (Å²) in [5, 5.41) is 2.82. The van der Waals surface area contributed by atoms with Gasteiger partial charge in [-0.05, 0) is 45.0 Å². The standard InChI is InChI=1S/C18H19N3O5S/c1-4-26-17(24)15-10(2)19-18(25)21-16(15)27-9-14(23)20-13-7-5-12(6-8-13)11(3)22/h5-8H,4,9H2,1-3H3,(H,20,23)(H,19,21,25). The molecule has 0 spiro atoms. The molecule has 0 atom stereocenters. The summed E-state index contributed by atoms with van der Waals surface area (Å²) in [7, 11) is 0. The Labute approximate surface area is 159 Å². The van der Waals surface area contributed by atoms with Gasteiger partial charge in [-0.1, -0.05) is 11.8 Å². The van der Waals surface area contributed by atoms with E-state index < -0.39 is 11.7 Å². The van der Waals surface area contributed by atoms with Gasteiger partial charge < -0.3 is 15.0 Å². The van der Waals surface area contributed by atoms with E-state index in [0.717, 1.165) is 11.8 Å². The summed E-state index contributed by atoms with van der Waals surface area (Å²) in [6.07, 6.45) is 0. The molecule has 0 saturated carbocycles. The number of ketones is 1. The number of carbonyl (C=O) groups is 3. The van der Waals surface area contributed by atoms with Crippen LogP contribution in [-0.4, -0.2) is 40.0 Å². The van der Waals surface area contributed by atoms with Gasteiger partial charge in [0.05, 0.1) is 12.4 Å². The van der Waals surface area contributed by atoms with E-state index in [0.29, 0.717) is 16.9 Å². The highest BCUT2D eigenvalue weighted by Crippen LogP contribution is 2.22. The van der Waals surface area contributed by atoms with Gasteiger partial charge in [-0.3, -0.25) is 9.59 Å². The fourth-order valence-corrected chi connectivity index (χ4v) is 3.09. The molecule has 0 bridgehead atoms. The van der Waals surface area contributed by atoms with Crippen molar-refractivity contribution < 1.29 is 19.1 Å². The number of benzene rings is 1. The number of H-pyrrole nitrogens is 1. The molecule has 0 radical (unpaired) electrons. The van der Waals surface area contributed by atoms with Crippen molar-refractivity contribution >= 4 is 35.1 Å². The van der Waals surface area contributed by atoms with Gasteiger partial charge in [0.15, 0.2) is 5.78 Å². The summed E-state index contributed by atoms with van der Waals surface area (Å²) < 4.78 is 4.98. The topological polar surface area (TPSA) is 118 Å². The Morgan fingerprint density at radius 3 is 2.48 bits per heavy atom. The molecule has 2 rings (SSSR count). The zero-order valence-corrected chi connectivity index (χ0v) is 15.9. The predicted molar refractivity (Wildman–Crippen MR) is 101 cm³/mol. The maximum atomic E-state index is 12.2. The maximum absolute atomic E-state index is 12.2. The van der Waals surface area contributed by atoms with E-state index in [4.69, 9.17) is 4.74 Å². The number of esters is 1. The number of nitrogens with zero attached hydrogens (tertiary/aromatic N) is 1. The molecule has 2 N–H and O–H groups in total. The average molecular weight is 389 g/mol. The lowest BCUT2D eigenvalue weighted by molar-refractivity contribution is -0.113. The highest BCUT2D eigenvalue weighted by Gasteiger charge is 2.20. The van der Waals surface area contributed by atoms with Gasteiger partial charge in [0.1, 0.15) is 10.6 Å². The number of rotatable bonds is 7. The second kappa shape index (κ2) is 9.13. The molecule has 0 aliphatic rings. The van der Waals surface area contributed by atoms with E-state index in [1.165, 1.54) is 6.92 Å². The molecular weight excluding hydrogens is 370 g/mol. The van der Waals surface area contributed by atoms with E-state index in [2.05, 4.69) is 15.3 Å². The summed E-state index contributed by atoms with van der Waals surface area (Å²) in [5.41, 5.74) is 0.940. The van der Waals surface area contributed by atoms with E-state index in [1.54, 1.807) is 38.1 Å². The first-order valence-corrected chi connectivity index (χ1v) is 9.12. The Balaban J connectivity index is 2.09. The van der Waals surface area contributed by atoms with Gasteiger partial charge in [-0.2, -0.15) is 4.98 Å². The SMILES string of the molecule is CCOC(=O)c1c(SCC(=O)Nc2ccc(C(C)=O)cc2)nc(=O)[nH]c1C. The van der Waals surface area contributed by atoms with Crippen LogP contribution >= 0.6 is 11.8 Å². The molecule has 0 fully saturated rings. The molecule has 9 heteroatoms. The number of nitrogens with one attached hydrogen (secondary N) is 2. The third-order valence-corrected chi connectivity index (χ3v) is 4.46. The lowest BCUT2D eigenvalue weighted by Gasteiger charge is -2.10. The van der Waals surface area contributed by atoms with Crippen molar-refractivity contribution in [2.45, 2.75) is 25.8 Å². The number of Topliss-reactive ketones (excluding diaryl/α,β-unsaturated/α-hetero) is 1. The molecular formula is C18H19N3O5S. The second-order valence-corrected chi connectivity index (χ2v) is 6.50. The summed E-state index contributed by atoms with van der Waals surface area (Å²) in [6, 6.07) is 6.48. The van der Waals surface area contributed by atoms with Gasteiger partial charge in [0.25, 0.3) is 0 Å². The number of ether oxygens (including phenoxy) is 1. The number of anilines is 1. The van der Waals surface area contributed by atoms with Crippen molar-refractivity contribution in [1.82, 2.24) is 9.97 Å². The molecule has 0 saturated heterocycles. The van der Waals surface area contributed by atoms with Crippen molar-refractivity contribution in [2.24, 2.45) is 0 Å². The van der Waals surface area contributed by atoms with Crippen LogP contribution in [0, 0.1) is 6.92 Å². The Morgan fingerprint density at radius 2 is 1.89 bits per heavy atom. The highest BCUT2D eigenvalue weighted by molar-refractivity contribution is 8.00. The minimum absolute atomic E-state index is 0.0588. The third-order valence-electron chi connectivity index (χ3n) is 3.48. The lowest BCUT2D eigenvalue weighted by atomic mass is 10.1. The first-order valence-electron chi connectivity index (χ1n) is 8.13. The van der Waals surface area contributed by atoms with Gasteiger partial charge in [0.2, 0.25) is 5.91 Å². The number of hydrogen-bond donors (Lipinski definition) is 2. The summed E-state index contributed by atoms with van der Waals surface area (Å²) >= 11 is 0.967. The molecule has 142 valence electrons. The van der Waals surface area contributed by atoms with Crippen LogP contribution in [0.4, 0.5) is 5.69 Å². The van der Waals surface area contributed by atoms with E-state index in [-0.39, 0.29) is 34.6 Å². The molecule has 1 aromatic heterocycles. The van der Waals surface area contributed by atoms with Crippen LogP contribution in [0.5, 0.6) is 0 Å². The largest absolute Gasteiger partial charge is 0.462 e. The van der Waals surface area contributed by atoms with Crippen LogP contribution in [0.15, 0.2) is 34.1 Å². The van der Waals surface area contributed by atoms with Crippen molar-refractivity contribution in [1.29, 1.82) is 0 Å². The average Bonchev–Trinajstić information content (AvgIpc) is 2.60. The Hall–Kier alpha value is -2.94. The predicted octanol–water partition coefficient (Wildman–Crippen LogP) is 2.19. The highest BCUT2D eigenvalue weighted by atomic mass is 32.2. The van der Waals surface area contributed by atoms with Crippen LogP contribution in [0.2, 0.25) is 0 Å². The first-order chi connectivity index (χ1) is 12.8. The Morgan fingerprint density at radius 1 is 1.22 bits per heavy atom. The first kappa shape index (κ1) is 20.4. The summed E-state index contributed by atoms with van der Waals surface area (Å²) in [6.45, 7) is 4.88. The van der Waals surface area contributed by atoms with Gasteiger partial charge >= 0.3 is 11.7 Å². The van der Waals surface area contributed by atoms with E-state index >= 15 is 0 Å². The minimum Gasteiger partial charge on any atom is -0.462 e. The molecule has 0 aliphatic carbocycles. The summed E-state index contributed by atoms with van der Waals surface area (Å²) in [4.78, 5) is 53.3. The minimum atomic E-state index is -0.610. The summed E-state index contributed by atoms with van der Waals surface area (Å²) in [5.74, 6) is -1.08. The van der Waals surface area contributed by atoms with Crippen LogP contribution in [-0.2, 0) is 9.53 Å². The van der Waals surface area contributed by atoms with Crippen LogP contribution in [0.25, 0.3) is 0 Å². The van der Waals surface area contributed by atoms with Crippen molar-refractivity contribution in [3.05, 3.63) is 51.6 Å². The quantitative estimate of drug-likeness (QED) is 0.322. The molecule has 1 aromatic carbocycles. The van der Waals surface area contributed by atoms with Crippen molar-refractivity contribution in [2.75, 3.05) is 17.7 Å². The molecule has 1 heterocycles. The zero-order valence-electron chi connectivity index (χ0n) is 15.1. The Bertz CT molecular complexity index is 922. The number of amides is 1. The number of aromatic nitrogens is 2. The second-order valence-electron chi connectivity index (χ2n) is 5.54. The molecule has 27 heavy (non-hydrogen) atoms. The fourth-order valence-electron chi connectivity index (χ4n) is 2.23. The number of carbonyl (C=O) groups excluding carboxylic acids is 3. The molecule has 0 aliphatic heterocycles. The van der Waals surface area contributed by atoms with Crippen LogP contribution < -0.4 is 11.0 Å². The van der Waals surface area contributed by atoms with E-state index in [9.17, 15) is 19.2 Å². The lowest BCUT2D eigenvalue weighted by Crippen LogP contribution is -2.21. The molecule has 2 aromatic rings.